The summed E-state index contributed by atoms with van der Waals surface area (Å²) in [5, 5.41) is -0.267. The molecule has 1 aromatic rings. The normalized spacial score (nSPS) is 18.9. The molecule has 1 aliphatic rings. The van der Waals surface area contributed by atoms with Crippen molar-refractivity contribution in [2.45, 2.75) is 0 Å². The molecular formula is C9H5BrINO3S. The number of carbonyl (C=O) groups is 2. The van der Waals surface area contributed by atoms with Gasteiger partial charge in [0.1, 0.15) is 5.76 Å². The Morgan fingerprint density at radius 2 is 2.25 bits per heavy atom. The lowest BCUT2D eigenvalue weighted by Gasteiger charge is -2.00. The molecule has 0 saturated carbocycles. The maximum Gasteiger partial charge on any atom is 0.293 e. The summed E-state index contributed by atoms with van der Waals surface area (Å²) >= 11 is 6.25. The van der Waals surface area contributed by atoms with Crippen molar-refractivity contribution >= 4 is 67.5 Å². The first-order valence-electron chi connectivity index (χ1n) is 4.15. The van der Waals surface area contributed by atoms with E-state index in [9.17, 15) is 9.59 Å². The highest BCUT2D eigenvalue weighted by atomic mass is 127. The third-order valence-electron chi connectivity index (χ3n) is 1.92. The molecular weight excluding hydrogens is 409 g/mol. The fourth-order valence-electron chi connectivity index (χ4n) is 1.11. The molecule has 0 bridgehead atoms. The van der Waals surface area contributed by atoms with E-state index in [1.807, 2.05) is 22.6 Å². The van der Waals surface area contributed by atoms with Crippen LogP contribution < -0.4 is 0 Å². The first kappa shape index (κ1) is 12.2. The minimum Gasteiger partial charge on any atom is -0.450 e. The Morgan fingerprint density at radius 1 is 1.56 bits per heavy atom. The predicted octanol–water partition coefficient (Wildman–Crippen LogP) is 3.31. The molecule has 2 heterocycles. The lowest BCUT2D eigenvalue weighted by atomic mass is 10.4. The number of amides is 2. The third kappa shape index (κ3) is 2.21. The molecule has 2 amide bonds. The van der Waals surface area contributed by atoms with Crippen LogP contribution in [0.15, 0.2) is 19.9 Å². The molecule has 1 aromatic heterocycles. The molecule has 0 unspecified atom stereocenters. The second kappa shape index (κ2) is 4.53. The van der Waals surface area contributed by atoms with Gasteiger partial charge in [0.15, 0.2) is 3.77 Å². The van der Waals surface area contributed by atoms with E-state index in [-0.39, 0.29) is 11.1 Å². The van der Waals surface area contributed by atoms with E-state index in [4.69, 9.17) is 4.42 Å². The summed E-state index contributed by atoms with van der Waals surface area (Å²) in [6.45, 7) is 0. The number of likely N-dealkylation sites (N-methyl/N-ethyl adjacent to an activating group) is 1. The van der Waals surface area contributed by atoms with Crippen molar-refractivity contribution in [3.63, 3.8) is 0 Å². The number of thioether (sulfide) groups is 1. The topological polar surface area (TPSA) is 50.5 Å². The lowest BCUT2D eigenvalue weighted by Crippen LogP contribution is -2.22. The highest BCUT2D eigenvalue weighted by Crippen LogP contribution is 2.32. The van der Waals surface area contributed by atoms with Crippen LogP contribution in [0.4, 0.5) is 4.79 Å². The van der Waals surface area contributed by atoms with E-state index in [0.717, 1.165) is 21.1 Å². The number of carbonyl (C=O) groups excluding carboxylic acids is 2. The van der Waals surface area contributed by atoms with Crippen molar-refractivity contribution in [3.8, 4) is 0 Å². The molecule has 84 valence electrons. The van der Waals surface area contributed by atoms with Crippen molar-refractivity contribution in [3.05, 3.63) is 25.0 Å². The quantitative estimate of drug-likeness (QED) is 0.523. The Morgan fingerprint density at radius 3 is 2.69 bits per heavy atom. The Bertz CT molecular complexity index is 491. The average molecular weight is 414 g/mol. The van der Waals surface area contributed by atoms with E-state index in [2.05, 4.69) is 15.9 Å². The Balaban J connectivity index is 2.32. The Hall–Kier alpha value is -0.280. The van der Waals surface area contributed by atoms with Gasteiger partial charge in [-0.25, -0.2) is 0 Å². The van der Waals surface area contributed by atoms with Gasteiger partial charge in [-0.15, -0.1) is 0 Å². The molecule has 0 N–H and O–H groups in total. The minimum absolute atomic E-state index is 0.267. The number of hydrogen-bond acceptors (Lipinski definition) is 4. The molecule has 1 aliphatic heterocycles. The van der Waals surface area contributed by atoms with Crippen LogP contribution in [0, 0.1) is 3.77 Å². The Labute approximate surface area is 118 Å². The van der Waals surface area contributed by atoms with Crippen LogP contribution in [0.1, 0.15) is 5.76 Å². The van der Waals surface area contributed by atoms with Gasteiger partial charge in [0, 0.05) is 35.7 Å². The summed E-state index contributed by atoms with van der Waals surface area (Å²) < 4.78 is 6.90. The van der Waals surface area contributed by atoms with Crippen molar-refractivity contribution in [2.24, 2.45) is 0 Å². The molecule has 0 spiro atoms. The molecule has 0 aromatic carbocycles. The van der Waals surface area contributed by atoms with Crippen LogP contribution in [0.5, 0.6) is 0 Å². The number of nitrogens with zero attached hydrogens (tertiary/aromatic N) is 1. The van der Waals surface area contributed by atoms with Gasteiger partial charge in [0.2, 0.25) is 0 Å². The molecule has 4 nitrogen and oxygen atoms in total. The monoisotopic (exact) mass is 413 g/mol. The van der Waals surface area contributed by atoms with Crippen LogP contribution in [0.25, 0.3) is 6.08 Å². The molecule has 0 radical (unpaired) electrons. The van der Waals surface area contributed by atoms with Crippen molar-refractivity contribution in [2.75, 3.05) is 7.05 Å². The van der Waals surface area contributed by atoms with Gasteiger partial charge in [0.05, 0.1) is 9.38 Å². The summed E-state index contributed by atoms with van der Waals surface area (Å²) in [6, 6.07) is 1.76. The van der Waals surface area contributed by atoms with Crippen LogP contribution in [-0.4, -0.2) is 23.1 Å². The number of hydrogen-bond donors (Lipinski definition) is 0. The first-order valence-corrected chi connectivity index (χ1v) is 6.84. The molecule has 1 saturated heterocycles. The molecule has 7 heteroatoms. The third-order valence-corrected chi connectivity index (χ3v) is 5.02. The molecule has 0 atom stereocenters. The fourth-order valence-corrected chi connectivity index (χ4v) is 2.63. The van der Waals surface area contributed by atoms with Gasteiger partial charge in [-0.1, -0.05) is 0 Å². The van der Waals surface area contributed by atoms with Gasteiger partial charge in [-0.3, -0.25) is 14.5 Å². The predicted molar refractivity (Wildman–Crippen MR) is 72.9 cm³/mol. The van der Waals surface area contributed by atoms with Crippen LogP contribution in [0.3, 0.4) is 0 Å². The summed E-state index contributed by atoms with van der Waals surface area (Å²) in [5.74, 6) is 0.257. The fraction of sp³-hybridized carbons (Fsp3) is 0.111. The van der Waals surface area contributed by atoms with Crippen LogP contribution in [-0.2, 0) is 4.79 Å². The number of imide groups is 1. The number of rotatable bonds is 1. The van der Waals surface area contributed by atoms with E-state index in [1.54, 1.807) is 12.1 Å². The summed E-state index contributed by atoms with van der Waals surface area (Å²) in [6.07, 6.45) is 1.57. The largest absolute Gasteiger partial charge is 0.450 e. The van der Waals surface area contributed by atoms with E-state index in [0.29, 0.717) is 14.4 Å². The summed E-state index contributed by atoms with van der Waals surface area (Å²) in [4.78, 5) is 24.3. The van der Waals surface area contributed by atoms with Crippen LogP contribution >= 0.6 is 50.3 Å². The van der Waals surface area contributed by atoms with Crippen molar-refractivity contribution in [1.29, 1.82) is 0 Å². The maximum absolute atomic E-state index is 11.6. The van der Waals surface area contributed by atoms with Crippen molar-refractivity contribution < 1.29 is 14.0 Å². The van der Waals surface area contributed by atoms with Crippen molar-refractivity contribution in [1.82, 2.24) is 4.90 Å². The SMILES string of the molecule is CN1C(=O)S/C(=C/c2cc(Br)c(I)o2)C1=O. The molecule has 2 rings (SSSR count). The first-order chi connectivity index (χ1) is 7.49. The van der Waals surface area contributed by atoms with E-state index >= 15 is 0 Å². The zero-order valence-corrected chi connectivity index (χ0v) is 12.6. The molecule has 16 heavy (non-hydrogen) atoms. The number of halogens is 2. The van der Waals surface area contributed by atoms with E-state index < -0.39 is 0 Å². The van der Waals surface area contributed by atoms with Gasteiger partial charge in [0.25, 0.3) is 11.1 Å². The zero-order valence-electron chi connectivity index (χ0n) is 7.99. The summed E-state index contributed by atoms with van der Waals surface area (Å²) in [5.41, 5.74) is 0. The van der Waals surface area contributed by atoms with Gasteiger partial charge in [-0.2, -0.15) is 0 Å². The van der Waals surface area contributed by atoms with Gasteiger partial charge >= 0.3 is 0 Å². The number of furan rings is 1. The van der Waals surface area contributed by atoms with Gasteiger partial charge < -0.3 is 4.42 Å². The minimum atomic E-state index is -0.294. The second-order valence-corrected chi connectivity index (χ2v) is 5.84. The standard InChI is InChI=1S/C9H5BrINO3S/c1-12-8(13)6(16-9(12)14)3-4-2-5(10)7(11)15-4/h2-3H,1H3/b6-3+. The lowest BCUT2D eigenvalue weighted by molar-refractivity contribution is -0.121. The second-order valence-electron chi connectivity index (χ2n) is 3.01. The average Bonchev–Trinajstić information content (AvgIpc) is 2.64. The smallest absolute Gasteiger partial charge is 0.293 e. The molecule has 1 fully saturated rings. The van der Waals surface area contributed by atoms with Crippen LogP contribution in [0.2, 0.25) is 0 Å². The highest BCUT2D eigenvalue weighted by Gasteiger charge is 2.32. The summed E-state index contributed by atoms with van der Waals surface area (Å²) in [7, 11) is 1.46. The zero-order chi connectivity index (χ0) is 11.9. The van der Waals surface area contributed by atoms with Gasteiger partial charge in [-0.05, 0) is 33.8 Å². The maximum atomic E-state index is 11.6. The highest BCUT2D eigenvalue weighted by molar-refractivity contribution is 14.1. The molecule has 0 aliphatic carbocycles. The van der Waals surface area contributed by atoms with E-state index in [1.165, 1.54) is 7.05 Å². The Kier molecular flexibility index (Phi) is 3.45.